The number of imidazole rings is 1. The van der Waals surface area contributed by atoms with Gasteiger partial charge in [-0.2, -0.15) is 15.5 Å². The molecule has 3 N–H and O–H groups in total. The van der Waals surface area contributed by atoms with Crippen LogP contribution in [0.4, 0.5) is 10.1 Å². The van der Waals surface area contributed by atoms with Crippen LogP contribution in [0.1, 0.15) is 36.5 Å². The Morgan fingerprint density at radius 3 is 2.74 bits per heavy atom. The van der Waals surface area contributed by atoms with Gasteiger partial charge in [0.25, 0.3) is 5.91 Å². The number of anilines is 1. The highest BCUT2D eigenvalue weighted by Crippen LogP contribution is 2.47. The predicted molar refractivity (Wildman–Crippen MR) is 124 cm³/mol. The summed E-state index contributed by atoms with van der Waals surface area (Å²) in [5, 5.41) is 21.2. The van der Waals surface area contributed by atoms with Crippen LogP contribution in [-0.4, -0.2) is 66.9 Å². The van der Waals surface area contributed by atoms with Crippen molar-refractivity contribution in [1.29, 1.82) is 5.26 Å². The molecule has 5 rings (SSSR count). The number of halogens is 1. The van der Waals surface area contributed by atoms with Crippen LogP contribution in [0.25, 0.3) is 16.9 Å². The summed E-state index contributed by atoms with van der Waals surface area (Å²) in [5.41, 5.74) is 6.86. The van der Waals surface area contributed by atoms with E-state index in [1.54, 1.807) is 17.3 Å². The van der Waals surface area contributed by atoms with Crippen LogP contribution < -0.4 is 11.1 Å². The molecule has 0 radical (unpaired) electrons. The molecule has 2 amide bonds. The lowest BCUT2D eigenvalue weighted by molar-refractivity contribution is -0.134. The second-order valence-corrected chi connectivity index (χ2v) is 9.25. The number of nitriles is 1. The number of carbonyl (C=O) groups is 2. The number of fused-ring (bicyclic) bond motifs is 1. The summed E-state index contributed by atoms with van der Waals surface area (Å²) in [6.45, 7) is 2.58. The van der Waals surface area contributed by atoms with E-state index >= 15 is 0 Å². The number of primary amides is 1. The molecule has 1 aliphatic heterocycles. The molecule has 3 aromatic rings. The normalized spacial score (nSPS) is 20.7. The molecule has 3 aromatic heterocycles. The zero-order chi connectivity index (χ0) is 24.7. The molecule has 1 saturated carbocycles. The Morgan fingerprint density at radius 1 is 1.29 bits per heavy atom. The van der Waals surface area contributed by atoms with Crippen LogP contribution in [-0.2, 0) is 11.3 Å². The van der Waals surface area contributed by atoms with E-state index in [-0.39, 0.29) is 24.6 Å². The fourth-order valence-corrected chi connectivity index (χ4v) is 4.59. The molecule has 0 unspecified atom stereocenters. The summed E-state index contributed by atoms with van der Waals surface area (Å²) in [4.78, 5) is 31.3. The molecule has 11 nitrogen and oxygen atoms in total. The lowest BCUT2D eigenvalue weighted by atomic mass is 10.0. The summed E-state index contributed by atoms with van der Waals surface area (Å²) in [7, 11) is 0. The molecule has 0 spiro atoms. The number of likely N-dealkylation sites (tertiary alicyclic amines) is 1. The number of hydrogen-bond donors (Lipinski definition) is 2. The van der Waals surface area contributed by atoms with Gasteiger partial charge in [0.15, 0.2) is 5.65 Å². The average Bonchev–Trinajstić information content (AvgIpc) is 3.15. The fraction of sp³-hybridized carbons (Fsp3) is 0.478. The molecule has 0 bridgehead atoms. The van der Waals surface area contributed by atoms with Crippen LogP contribution in [0.3, 0.4) is 0 Å². The number of amides is 2. The van der Waals surface area contributed by atoms with Gasteiger partial charge in [0, 0.05) is 37.3 Å². The number of rotatable bonds is 8. The van der Waals surface area contributed by atoms with E-state index in [0.717, 1.165) is 18.5 Å². The molecule has 2 atom stereocenters. The minimum Gasteiger partial charge on any atom is -0.376 e. The number of nitrogens with one attached hydrogen (secondary N) is 1. The van der Waals surface area contributed by atoms with Gasteiger partial charge < -0.3 is 16.0 Å². The highest BCUT2D eigenvalue weighted by molar-refractivity contribution is 6.01. The van der Waals surface area contributed by atoms with Gasteiger partial charge in [-0.05, 0) is 19.3 Å². The largest absolute Gasteiger partial charge is 0.376 e. The maximum Gasteiger partial charge on any atom is 0.252 e. The van der Waals surface area contributed by atoms with Crippen LogP contribution >= 0.6 is 0 Å². The number of hydrogen-bond acceptors (Lipinski definition) is 7. The molecule has 1 saturated heterocycles. The van der Waals surface area contributed by atoms with Crippen LogP contribution in [0.15, 0.2) is 24.8 Å². The summed E-state index contributed by atoms with van der Waals surface area (Å²) in [6.07, 6.45) is 8.66. The number of carbonyl (C=O) groups excluding carboxylic acids is 2. The third-order valence-corrected chi connectivity index (χ3v) is 6.77. The SMILES string of the molecule is CCCn1cc(-c2cn3ncc(C(N)=O)c(N[C@@H]4CN(C(=O)C5(C#N)CC5)C[C@H]4CF)c3n2)cn1. The zero-order valence-electron chi connectivity index (χ0n) is 19.3. The third-order valence-electron chi connectivity index (χ3n) is 6.77. The summed E-state index contributed by atoms with van der Waals surface area (Å²) >= 11 is 0. The topological polar surface area (TPSA) is 147 Å². The van der Waals surface area contributed by atoms with Crippen molar-refractivity contribution in [3.8, 4) is 17.3 Å². The van der Waals surface area contributed by atoms with Crippen molar-refractivity contribution in [3.05, 3.63) is 30.4 Å². The smallest absolute Gasteiger partial charge is 0.252 e. The van der Waals surface area contributed by atoms with Crippen molar-refractivity contribution in [2.24, 2.45) is 17.1 Å². The Labute approximate surface area is 200 Å². The van der Waals surface area contributed by atoms with Crippen molar-refractivity contribution in [3.63, 3.8) is 0 Å². The molecule has 12 heteroatoms. The first-order valence-electron chi connectivity index (χ1n) is 11.6. The molecule has 2 fully saturated rings. The minimum absolute atomic E-state index is 0.120. The third kappa shape index (κ3) is 3.96. The molecule has 182 valence electrons. The van der Waals surface area contributed by atoms with Crippen LogP contribution in [0.2, 0.25) is 0 Å². The number of nitrogens with zero attached hydrogens (tertiary/aromatic N) is 7. The Morgan fingerprint density at radius 2 is 2.09 bits per heavy atom. The summed E-state index contributed by atoms with van der Waals surface area (Å²) in [6, 6.07) is 1.62. The second-order valence-electron chi connectivity index (χ2n) is 9.25. The predicted octanol–water partition coefficient (Wildman–Crippen LogP) is 1.61. The Kier molecular flexibility index (Phi) is 5.62. The highest BCUT2D eigenvalue weighted by atomic mass is 19.1. The van der Waals surface area contributed by atoms with E-state index in [1.165, 1.54) is 10.7 Å². The minimum atomic E-state index is -0.974. The Hall–Kier alpha value is -4.01. The van der Waals surface area contributed by atoms with Gasteiger partial charge in [-0.3, -0.25) is 18.7 Å². The van der Waals surface area contributed by atoms with Gasteiger partial charge in [0.1, 0.15) is 5.41 Å². The highest BCUT2D eigenvalue weighted by Gasteiger charge is 2.54. The lowest BCUT2D eigenvalue weighted by Gasteiger charge is -2.21. The second kappa shape index (κ2) is 8.65. The van der Waals surface area contributed by atoms with Gasteiger partial charge in [0.05, 0.1) is 54.3 Å². The maximum absolute atomic E-state index is 14.0. The standard InChI is InChI=1S/C23H26FN9O2/c1-2-5-32-10-15(7-27-32)18-12-33-21(30-18)19(16(8-28-33)20(26)34)29-17-11-31(9-14(17)6-24)22(35)23(13-25)3-4-23/h7-8,10,12,14,17,29H,2-6,9,11H2,1H3,(H2,26,34)/t14-,17-/m1/s1. The molecular formula is C23H26FN9O2. The van der Waals surface area contributed by atoms with Crippen molar-refractivity contribution in [2.75, 3.05) is 25.1 Å². The van der Waals surface area contributed by atoms with Gasteiger partial charge in [0.2, 0.25) is 5.91 Å². The molecular weight excluding hydrogens is 453 g/mol. The van der Waals surface area contributed by atoms with Crippen molar-refractivity contribution >= 4 is 23.1 Å². The first kappa shape index (κ1) is 22.8. The molecule has 0 aromatic carbocycles. The van der Waals surface area contributed by atoms with E-state index in [0.29, 0.717) is 29.9 Å². The van der Waals surface area contributed by atoms with E-state index in [4.69, 9.17) is 5.73 Å². The van der Waals surface area contributed by atoms with Gasteiger partial charge >= 0.3 is 0 Å². The van der Waals surface area contributed by atoms with E-state index in [9.17, 15) is 19.2 Å². The summed E-state index contributed by atoms with van der Waals surface area (Å²) < 4.78 is 17.3. The molecule has 4 heterocycles. The van der Waals surface area contributed by atoms with Gasteiger partial charge in [-0.1, -0.05) is 6.92 Å². The van der Waals surface area contributed by atoms with Crippen molar-refractivity contribution in [2.45, 2.75) is 38.8 Å². The van der Waals surface area contributed by atoms with Crippen LogP contribution in [0, 0.1) is 22.7 Å². The number of alkyl halides is 1. The number of nitrogens with two attached hydrogens (primary N) is 1. The fourth-order valence-electron chi connectivity index (χ4n) is 4.59. The Bertz CT molecular complexity index is 1340. The molecule has 1 aliphatic carbocycles. The first-order valence-corrected chi connectivity index (χ1v) is 11.6. The summed E-state index contributed by atoms with van der Waals surface area (Å²) in [5.74, 6) is -1.47. The zero-order valence-corrected chi connectivity index (χ0v) is 19.3. The lowest BCUT2D eigenvalue weighted by Crippen LogP contribution is -2.36. The molecule has 35 heavy (non-hydrogen) atoms. The maximum atomic E-state index is 14.0. The van der Waals surface area contributed by atoms with Gasteiger partial charge in [-0.15, -0.1) is 0 Å². The van der Waals surface area contributed by atoms with E-state index in [2.05, 4.69) is 33.5 Å². The quantitative estimate of drug-likeness (QED) is 0.499. The van der Waals surface area contributed by atoms with E-state index < -0.39 is 30.0 Å². The number of aryl methyl sites for hydroxylation is 1. The van der Waals surface area contributed by atoms with Crippen molar-refractivity contribution < 1.29 is 14.0 Å². The van der Waals surface area contributed by atoms with Gasteiger partial charge in [-0.25, -0.2) is 9.50 Å². The van der Waals surface area contributed by atoms with E-state index in [1.807, 2.05) is 10.9 Å². The first-order chi connectivity index (χ1) is 16.9. The average molecular weight is 480 g/mol. The molecule has 2 aliphatic rings. The monoisotopic (exact) mass is 479 g/mol. The van der Waals surface area contributed by atoms with Crippen LogP contribution in [0.5, 0.6) is 0 Å². The Balaban J connectivity index is 1.48. The number of aromatic nitrogens is 5. The van der Waals surface area contributed by atoms with Crippen molar-refractivity contribution in [1.82, 2.24) is 29.3 Å².